The van der Waals surface area contributed by atoms with E-state index in [0.29, 0.717) is 17.8 Å². The molecule has 24 heavy (non-hydrogen) atoms. The van der Waals surface area contributed by atoms with Crippen molar-refractivity contribution in [3.63, 3.8) is 0 Å². The molecule has 1 N–H and O–H groups in total. The summed E-state index contributed by atoms with van der Waals surface area (Å²) in [5, 5.41) is 9.91. The molecule has 0 aromatic carbocycles. The van der Waals surface area contributed by atoms with E-state index in [9.17, 15) is 14.7 Å². The van der Waals surface area contributed by atoms with Gasteiger partial charge in [0.2, 0.25) is 0 Å². The summed E-state index contributed by atoms with van der Waals surface area (Å²) in [4.78, 5) is 33.4. The Morgan fingerprint density at radius 2 is 1.92 bits per heavy atom. The van der Waals surface area contributed by atoms with E-state index in [1.807, 2.05) is 0 Å². The summed E-state index contributed by atoms with van der Waals surface area (Å²) in [5.41, 5.74) is 0.946. The van der Waals surface area contributed by atoms with Gasteiger partial charge in [0.15, 0.2) is 0 Å². The Morgan fingerprint density at radius 1 is 1.17 bits per heavy atom. The lowest BCUT2D eigenvalue weighted by atomic mass is 9.97. The van der Waals surface area contributed by atoms with Gasteiger partial charge in [0, 0.05) is 4.88 Å². The van der Waals surface area contributed by atoms with Crippen molar-refractivity contribution in [2.24, 2.45) is 0 Å². The van der Waals surface area contributed by atoms with Crippen LogP contribution in [-0.2, 0) is 30.7 Å². The number of hydrogen-bond donors (Lipinski definition) is 1. The molecule has 1 aliphatic heterocycles. The molecule has 4 rings (SSSR count). The number of carbonyl (C=O) groups is 1. The van der Waals surface area contributed by atoms with Crippen molar-refractivity contribution in [2.45, 2.75) is 51.6 Å². The predicted octanol–water partition coefficient (Wildman–Crippen LogP) is 2.02. The van der Waals surface area contributed by atoms with E-state index in [2.05, 4.69) is 4.90 Å². The van der Waals surface area contributed by atoms with Crippen molar-refractivity contribution in [2.75, 3.05) is 13.1 Å². The molecule has 1 fully saturated rings. The number of aromatic nitrogens is 2. The van der Waals surface area contributed by atoms with Crippen LogP contribution in [0.1, 0.15) is 41.9 Å². The van der Waals surface area contributed by atoms with Crippen LogP contribution in [0.2, 0.25) is 0 Å². The molecule has 0 atom stereocenters. The predicted molar refractivity (Wildman–Crippen MR) is 92.7 cm³/mol. The van der Waals surface area contributed by atoms with Crippen LogP contribution in [0.15, 0.2) is 4.79 Å². The number of thiophene rings is 1. The van der Waals surface area contributed by atoms with Crippen LogP contribution in [-0.4, -0.2) is 38.6 Å². The average molecular weight is 347 g/mol. The lowest BCUT2D eigenvalue weighted by Gasteiger charge is -2.17. The van der Waals surface area contributed by atoms with E-state index < -0.39 is 5.97 Å². The monoisotopic (exact) mass is 347 g/mol. The van der Waals surface area contributed by atoms with Crippen molar-refractivity contribution < 1.29 is 9.90 Å². The maximum absolute atomic E-state index is 13.0. The summed E-state index contributed by atoms with van der Waals surface area (Å²) < 4.78 is 1.38. The molecule has 0 saturated carbocycles. The Morgan fingerprint density at radius 3 is 2.67 bits per heavy atom. The minimum atomic E-state index is -0.995. The summed E-state index contributed by atoms with van der Waals surface area (Å²) in [5.74, 6) is -0.402. The number of nitrogens with zero attached hydrogens (tertiary/aromatic N) is 3. The fourth-order valence-corrected chi connectivity index (χ4v) is 5.11. The molecule has 0 radical (unpaired) electrons. The summed E-state index contributed by atoms with van der Waals surface area (Å²) in [6.07, 6.45) is 6.47. The number of carboxylic acids is 1. The molecule has 0 bridgehead atoms. The van der Waals surface area contributed by atoms with Crippen LogP contribution in [0.5, 0.6) is 0 Å². The number of carboxylic acid groups (broad SMARTS) is 1. The molecule has 0 unspecified atom stereocenters. The SMILES string of the molecule is O=C(O)Cn1c(CN2CCCC2)nc2sc3c(c2c1=O)CCCC3. The van der Waals surface area contributed by atoms with Crippen molar-refractivity contribution in [3.05, 3.63) is 26.6 Å². The molecule has 1 aliphatic carbocycles. The second-order valence-corrected chi connectivity index (χ2v) is 7.77. The Kier molecular flexibility index (Phi) is 4.14. The van der Waals surface area contributed by atoms with Gasteiger partial charge in [-0.15, -0.1) is 11.3 Å². The minimum absolute atomic E-state index is 0.170. The quantitative estimate of drug-likeness (QED) is 0.916. The highest BCUT2D eigenvalue weighted by molar-refractivity contribution is 7.18. The van der Waals surface area contributed by atoms with Crippen molar-refractivity contribution in [1.82, 2.24) is 14.5 Å². The van der Waals surface area contributed by atoms with E-state index in [0.717, 1.165) is 62.0 Å². The summed E-state index contributed by atoms with van der Waals surface area (Å²) >= 11 is 1.62. The molecular formula is C17H21N3O3S. The van der Waals surface area contributed by atoms with Gasteiger partial charge in [0.05, 0.1) is 11.9 Å². The molecule has 1 saturated heterocycles. The summed E-state index contributed by atoms with van der Waals surface area (Å²) in [6, 6.07) is 0. The molecule has 2 aromatic heterocycles. The van der Waals surface area contributed by atoms with E-state index >= 15 is 0 Å². The third-order valence-electron chi connectivity index (χ3n) is 5.01. The van der Waals surface area contributed by atoms with Crippen LogP contribution >= 0.6 is 11.3 Å². The molecule has 3 heterocycles. The lowest BCUT2D eigenvalue weighted by molar-refractivity contribution is -0.137. The normalized spacial score (nSPS) is 18.2. The highest BCUT2D eigenvalue weighted by Gasteiger charge is 2.24. The third kappa shape index (κ3) is 2.75. The number of rotatable bonds is 4. The van der Waals surface area contributed by atoms with Gasteiger partial charge >= 0.3 is 5.97 Å². The standard InChI is InChI=1S/C17H21N3O3S/c21-14(22)10-20-13(9-19-7-3-4-8-19)18-16-15(17(20)23)11-5-1-2-6-12(11)24-16/h1-10H2,(H,21,22). The highest BCUT2D eigenvalue weighted by atomic mass is 32.1. The second kappa shape index (κ2) is 6.29. The first kappa shape index (κ1) is 15.8. The molecule has 0 spiro atoms. The topological polar surface area (TPSA) is 75.4 Å². The fraction of sp³-hybridized carbons (Fsp3) is 0.588. The van der Waals surface area contributed by atoms with Gasteiger partial charge in [-0.2, -0.15) is 0 Å². The smallest absolute Gasteiger partial charge is 0.323 e. The third-order valence-corrected chi connectivity index (χ3v) is 6.20. The first-order valence-corrected chi connectivity index (χ1v) is 9.43. The largest absolute Gasteiger partial charge is 0.480 e. The summed E-state index contributed by atoms with van der Waals surface area (Å²) in [6.45, 7) is 2.22. The average Bonchev–Trinajstić information content (AvgIpc) is 3.17. The molecule has 128 valence electrons. The van der Waals surface area contributed by atoms with Gasteiger partial charge in [-0.1, -0.05) is 0 Å². The number of aryl methyl sites for hydroxylation is 2. The first-order chi connectivity index (χ1) is 11.6. The van der Waals surface area contributed by atoms with Gasteiger partial charge in [-0.3, -0.25) is 19.1 Å². The number of likely N-dealkylation sites (tertiary alicyclic amines) is 1. The van der Waals surface area contributed by atoms with Gasteiger partial charge in [-0.05, 0) is 57.2 Å². The van der Waals surface area contributed by atoms with Crippen molar-refractivity contribution >= 4 is 27.5 Å². The summed E-state index contributed by atoms with van der Waals surface area (Å²) in [7, 11) is 0. The van der Waals surface area contributed by atoms with E-state index in [1.165, 1.54) is 9.44 Å². The Bertz CT molecular complexity index is 849. The van der Waals surface area contributed by atoms with E-state index in [-0.39, 0.29) is 12.1 Å². The Hall–Kier alpha value is -1.73. The van der Waals surface area contributed by atoms with Gasteiger partial charge in [0.1, 0.15) is 17.2 Å². The Balaban J connectivity index is 1.86. The van der Waals surface area contributed by atoms with Crippen LogP contribution in [0.25, 0.3) is 10.2 Å². The van der Waals surface area contributed by atoms with E-state index in [4.69, 9.17) is 4.98 Å². The highest BCUT2D eigenvalue weighted by Crippen LogP contribution is 2.33. The first-order valence-electron chi connectivity index (χ1n) is 8.61. The molecule has 6 nitrogen and oxygen atoms in total. The maximum Gasteiger partial charge on any atom is 0.323 e. The fourth-order valence-electron chi connectivity index (χ4n) is 3.84. The van der Waals surface area contributed by atoms with Crippen LogP contribution in [0.4, 0.5) is 0 Å². The van der Waals surface area contributed by atoms with Gasteiger partial charge in [-0.25, -0.2) is 4.98 Å². The van der Waals surface area contributed by atoms with Crippen LogP contribution in [0.3, 0.4) is 0 Å². The van der Waals surface area contributed by atoms with Gasteiger partial charge in [0.25, 0.3) is 5.56 Å². The number of hydrogen-bond acceptors (Lipinski definition) is 5. The van der Waals surface area contributed by atoms with E-state index in [1.54, 1.807) is 11.3 Å². The Labute approximate surface area is 143 Å². The van der Waals surface area contributed by atoms with Crippen LogP contribution in [0, 0.1) is 0 Å². The zero-order valence-corrected chi connectivity index (χ0v) is 14.4. The molecule has 0 amide bonds. The second-order valence-electron chi connectivity index (χ2n) is 6.69. The van der Waals surface area contributed by atoms with Crippen molar-refractivity contribution in [3.8, 4) is 0 Å². The van der Waals surface area contributed by atoms with Crippen LogP contribution < -0.4 is 5.56 Å². The zero-order valence-electron chi connectivity index (χ0n) is 13.6. The zero-order chi connectivity index (χ0) is 16.7. The lowest BCUT2D eigenvalue weighted by Crippen LogP contribution is -2.32. The maximum atomic E-state index is 13.0. The molecule has 2 aromatic rings. The molecule has 7 heteroatoms. The molecular weight excluding hydrogens is 326 g/mol. The van der Waals surface area contributed by atoms with Crippen molar-refractivity contribution in [1.29, 1.82) is 0 Å². The number of fused-ring (bicyclic) bond motifs is 3. The van der Waals surface area contributed by atoms with Gasteiger partial charge < -0.3 is 5.11 Å². The minimum Gasteiger partial charge on any atom is -0.480 e. The molecule has 2 aliphatic rings. The number of aliphatic carboxylic acids is 1.